The van der Waals surface area contributed by atoms with Gasteiger partial charge in [0.05, 0.1) is 17.3 Å². The lowest BCUT2D eigenvalue weighted by Gasteiger charge is -2.12. The number of ether oxygens (including phenoxy) is 1. The Morgan fingerprint density at radius 3 is 2.79 bits per heavy atom. The van der Waals surface area contributed by atoms with Crippen molar-refractivity contribution in [1.29, 1.82) is 0 Å². The van der Waals surface area contributed by atoms with Gasteiger partial charge >= 0.3 is 0 Å². The van der Waals surface area contributed by atoms with Gasteiger partial charge in [-0.25, -0.2) is 4.39 Å². The minimum atomic E-state index is -0.311. The standard InChI is InChI=1S/C13H13BrFN3O/c1-7-5-9(15)8(14)6-11(7)17-13-10(16)3-4-12(18-13)19-2/h3-6H,16H2,1-2H3,(H,17,18). The molecule has 0 bridgehead atoms. The number of nitrogens with zero attached hydrogens (tertiary/aromatic N) is 1. The molecule has 0 aliphatic rings. The van der Waals surface area contributed by atoms with Gasteiger partial charge in [0.2, 0.25) is 5.88 Å². The van der Waals surface area contributed by atoms with Crippen LogP contribution in [0, 0.1) is 12.7 Å². The fourth-order valence-electron chi connectivity index (χ4n) is 1.57. The summed E-state index contributed by atoms with van der Waals surface area (Å²) >= 11 is 3.15. The molecule has 0 fully saturated rings. The van der Waals surface area contributed by atoms with E-state index in [-0.39, 0.29) is 5.82 Å². The van der Waals surface area contributed by atoms with E-state index in [1.165, 1.54) is 13.2 Å². The number of aromatic nitrogens is 1. The van der Waals surface area contributed by atoms with Crippen LogP contribution in [0.25, 0.3) is 0 Å². The number of pyridine rings is 1. The van der Waals surface area contributed by atoms with Crippen LogP contribution in [0.15, 0.2) is 28.7 Å². The Morgan fingerprint density at radius 2 is 2.11 bits per heavy atom. The molecule has 0 aliphatic heterocycles. The largest absolute Gasteiger partial charge is 0.481 e. The van der Waals surface area contributed by atoms with Crippen molar-refractivity contribution in [2.45, 2.75) is 6.92 Å². The lowest BCUT2D eigenvalue weighted by molar-refractivity contribution is 0.398. The molecule has 2 rings (SSSR count). The molecule has 2 aromatic rings. The molecule has 19 heavy (non-hydrogen) atoms. The Balaban J connectivity index is 2.38. The summed E-state index contributed by atoms with van der Waals surface area (Å²) in [7, 11) is 1.53. The van der Waals surface area contributed by atoms with Crippen molar-refractivity contribution in [3.63, 3.8) is 0 Å². The number of halogens is 2. The first-order chi connectivity index (χ1) is 9.01. The van der Waals surface area contributed by atoms with Crippen LogP contribution in [0.1, 0.15) is 5.56 Å². The maximum atomic E-state index is 13.4. The van der Waals surface area contributed by atoms with Crippen LogP contribution in [0.5, 0.6) is 5.88 Å². The van der Waals surface area contributed by atoms with E-state index in [0.717, 1.165) is 11.3 Å². The third-order valence-electron chi connectivity index (χ3n) is 2.63. The summed E-state index contributed by atoms with van der Waals surface area (Å²) in [6.07, 6.45) is 0. The lowest BCUT2D eigenvalue weighted by atomic mass is 10.2. The summed E-state index contributed by atoms with van der Waals surface area (Å²) in [5.41, 5.74) is 7.81. The molecule has 0 spiro atoms. The summed E-state index contributed by atoms with van der Waals surface area (Å²) in [6.45, 7) is 1.80. The predicted octanol–water partition coefficient (Wildman–Crippen LogP) is 3.63. The van der Waals surface area contributed by atoms with Crippen LogP contribution in [0.4, 0.5) is 21.6 Å². The number of benzene rings is 1. The maximum Gasteiger partial charge on any atom is 0.215 e. The normalized spacial score (nSPS) is 10.3. The average molecular weight is 326 g/mol. The molecule has 0 aliphatic carbocycles. The smallest absolute Gasteiger partial charge is 0.215 e. The van der Waals surface area contributed by atoms with E-state index in [4.69, 9.17) is 10.5 Å². The van der Waals surface area contributed by atoms with Gasteiger partial charge in [0.15, 0.2) is 5.82 Å². The number of anilines is 3. The summed E-state index contributed by atoms with van der Waals surface area (Å²) in [6, 6.07) is 6.45. The molecule has 1 aromatic heterocycles. The summed E-state index contributed by atoms with van der Waals surface area (Å²) in [5.74, 6) is 0.617. The SMILES string of the molecule is COc1ccc(N)c(Nc2cc(Br)c(F)cc2C)n1. The molecule has 0 amide bonds. The Hall–Kier alpha value is -1.82. The first kappa shape index (κ1) is 13.6. The van der Waals surface area contributed by atoms with E-state index in [1.54, 1.807) is 25.1 Å². The number of methoxy groups -OCH3 is 1. The van der Waals surface area contributed by atoms with Gasteiger partial charge in [0.1, 0.15) is 5.82 Å². The number of nitrogens with one attached hydrogen (secondary N) is 1. The summed E-state index contributed by atoms with van der Waals surface area (Å²) < 4.78 is 18.8. The molecule has 1 heterocycles. The molecule has 0 saturated carbocycles. The van der Waals surface area contributed by atoms with Crippen molar-refractivity contribution in [1.82, 2.24) is 4.98 Å². The van der Waals surface area contributed by atoms with Gasteiger partial charge < -0.3 is 15.8 Å². The van der Waals surface area contributed by atoms with E-state index < -0.39 is 0 Å². The van der Waals surface area contributed by atoms with Crippen LogP contribution in [0.3, 0.4) is 0 Å². The second-order valence-electron chi connectivity index (χ2n) is 4.00. The zero-order valence-electron chi connectivity index (χ0n) is 10.5. The Morgan fingerprint density at radius 1 is 1.37 bits per heavy atom. The highest BCUT2D eigenvalue weighted by Crippen LogP contribution is 2.29. The first-order valence-electron chi connectivity index (χ1n) is 5.54. The number of hydrogen-bond acceptors (Lipinski definition) is 4. The molecule has 100 valence electrons. The van der Waals surface area contributed by atoms with E-state index in [0.29, 0.717) is 21.9 Å². The number of nitrogen functional groups attached to an aromatic ring is 1. The third-order valence-corrected chi connectivity index (χ3v) is 3.24. The zero-order valence-corrected chi connectivity index (χ0v) is 12.1. The van der Waals surface area contributed by atoms with Crippen LogP contribution in [0.2, 0.25) is 0 Å². The minimum absolute atomic E-state index is 0.311. The zero-order chi connectivity index (χ0) is 14.0. The number of nitrogens with two attached hydrogens (primary N) is 1. The van der Waals surface area contributed by atoms with Crippen LogP contribution in [-0.2, 0) is 0 Å². The van der Waals surface area contributed by atoms with E-state index in [9.17, 15) is 4.39 Å². The predicted molar refractivity (Wildman–Crippen MR) is 77.3 cm³/mol. The molecule has 1 aromatic carbocycles. The van der Waals surface area contributed by atoms with E-state index in [2.05, 4.69) is 26.2 Å². The van der Waals surface area contributed by atoms with E-state index in [1.807, 2.05) is 0 Å². The van der Waals surface area contributed by atoms with Crippen molar-refractivity contribution in [3.05, 3.63) is 40.1 Å². The van der Waals surface area contributed by atoms with Gasteiger partial charge in [-0.15, -0.1) is 0 Å². The molecule has 4 nitrogen and oxygen atoms in total. The fraction of sp³-hybridized carbons (Fsp3) is 0.154. The highest BCUT2D eigenvalue weighted by Gasteiger charge is 2.09. The second-order valence-corrected chi connectivity index (χ2v) is 4.85. The third kappa shape index (κ3) is 2.96. The van der Waals surface area contributed by atoms with Gasteiger partial charge in [-0.05, 0) is 46.6 Å². The van der Waals surface area contributed by atoms with Crippen LogP contribution >= 0.6 is 15.9 Å². The molecule has 0 radical (unpaired) electrons. The Bertz CT molecular complexity index is 619. The van der Waals surface area contributed by atoms with Crippen molar-refractivity contribution in [2.24, 2.45) is 0 Å². The van der Waals surface area contributed by atoms with Gasteiger partial charge in [-0.1, -0.05) is 0 Å². The summed E-state index contributed by atoms with van der Waals surface area (Å²) in [4.78, 5) is 4.21. The van der Waals surface area contributed by atoms with E-state index >= 15 is 0 Å². The average Bonchev–Trinajstić information content (AvgIpc) is 2.38. The van der Waals surface area contributed by atoms with Gasteiger partial charge in [0.25, 0.3) is 0 Å². The lowest BCUT2D eigenvalue weighted by Crippen LogP contribution is -2.02. The van der Waals surface area contributed by atoms with Gasteiger partial charge in [-0.2, -0.15) is 4.98 Å². The fourth-order valence-corrected chi connectivity index (χ4v) is 1.92. The van der Waals surface area contributed by atoms with Crippen LogP contribution < -0.4 is 15.8 Å². The Labute approximate surface area is 118 Å². The number of rotatable bonds is 3. The Kier molecular flexibility index (Phi) is 3.90. The number of hydrogen-bond donors (Lipinski definition) is 2. The van der Waals surface area contributed by atoms with Gasteiger partial charge in [0, 0.05) is 11.8 Å². The highest BCUT2D eigenvalue weighted by molar-refractivity contribution is 9.10. The summed E-state index contributed by atoms with van der Waals surface area (Å²) in [5, 5.41) is 3.07. The molecule has 3 N–H and O–H groups in total. The monoisotopic (exact) mass is 325 g/mol. The number of aryl methyl sites for hydroxylation is 1. The first-order valence-corrected chi connectivity index (χ1v) is 6.33. The topological polar surface area (TPSA) is 60.2 Å². The molecule has 0 saturated heterocycles. The molecule has 0 unspecified atom stereocenters. The quantitative estimate of drug-likeness (QED) is 0.904. The highest BCUT2D eigenvalue weighted by atomic mass is 79.9. The molecule has 0 atom stereocenters. The molecule has 6 heteroatoms. The minimum Gasteiger partial charge on any atom is -0.481 e. The second kappa shape index (κ2) is 5.44. The molecular weight excluding hydrogens is 313 g/mol. The van der Waals surface area contributed by atoms with Gasteiger partial charge in [-0.3, -0.25) is 0 Å². The maximum absolute atomic E-state index is 13.4. The van der Waals surface area contributed by atoms with Crippen molar-refractivity contribution >= 4 is 33.1 Å². The molecular formula is C13H13BrFN3O. The van der Waals surface area contributed by atoms with Crippen molar-refractivity contribution in [2.75, 3.05) is 18.2 Å². The van der Waals surface area contributed by atoms with Crippen LogP contribution in [-0.4, -0.2) is 12.1 Å². The van der Waals surface area contributed by atoms with Crippen molar-refractivity contribution < 1.29 is 9.13 Å². The van der Waals surface area contributed by atoms with Crippen molar-refractivity contribution in [3.8, 4) is 5.88 Å².